The van der Waals surface area contributed by atoms with Crippen LogP contribution >= 0.6 is 0 Å². The van der Waals surface area contributed by atoms with Crippen molar-refractivity contribution in [3.05, 3.63) is 72.9 Å². The lowest BCUT2D eigenvalue weighted by Crippen LogP contribution is -1.98. The van der Waals surface area contributed by atoms with Crippen molar-refractivity contribution in [3.8, 4) is 0 Å². The predicted octanol–water partition coefficient (Wildman–Crippen LogP) is 4.77. The molecule has 100 valence electrons. The maximum absolute atomic E-state index is 4.22. The summed E-state index contributed by atoms with van der Waals surface area (Å²) >= 11 is 0. The normalized spacial score (nSPS) is 11.6. The summed E-state index contributed by atoms with van der Waals surface area (Å²) in [5, 5.41) is 12.4. The van der Waals surface area contributed by atoms with Crippen molar-refractivity contribution in [3.63, 3.8) is 0 Å². The van der Waals surface area contributed by atoms with Crippen LogP contribution in [0.15, 0.2) is 88.3 Å². The molecule has 2 aromatic rings. The fourth-order valence-electron chi connectivity index (χ4n) is 1.41. The Bertz CT molecular complexity index is 615. The molecule has 0 radical (unpaired) electrons. The van der Waals surface area contributed by atoms with Crippen LogP contribution in [0.5, 0.6) is 0 Å². The first-order valence-electron chi connectivity index (χ1n) is 6.27. The molecule has 0 aliphatic rings. The molecule has 0 saturated carbocycles. The lowest BCUT2D eigenvalue weighted by molar-refractivity contribution is 1.18. The van der Waals surface area contributed by atoms with E-state index >= 15 is 0 Å². The van der Waals surface area contributed by atoms with E-state index in [0.29, 0.717) is 11.4 Å². The minimum Gasteiger partial charge on any atom is -0.278 e. The van der Waals surface area contributed by atoms with Gasteiger partial charge in [-0.05, 0) is 31.2 Å². The largest absolute Gasteiger partial charge is 0.278 e. The molecule has 0 bridgehead atoms. The highest BCUT2D eigenvalue weighted by Gasteiger charge is 1.97. The molecule has 0 atom stereocenters. The fourth-order valence-corrected chi connectivity index (χ4v) is 1.41. The summed E-state index contributed by atoms with van der Waals surface area (Å²) in [7, 11) is 0. The average Bonchev–Trinajstić information content (AvgIpc) is 2.52. The SMILES string of the molecule is C=C(N=Nc1ccccc1)C(C)=NNc1ccccc1. The molecule has 0 aliphatic heterocycles. The number of anilines is 1. The molecule has 2 rings (SSSR count). The lowest BCUT2D eigenvalue weighted by Gasteiger charge is -2.02. The summed E-state index contributed by atoms with van der Waals surface area (Å²) in [6, 6.07) is 19.2. The number of benzene rings is 2. The van der Waals surface area contributed by atoms with Gasteiger partial charge in [-0.15, -0.1) is 5.11 Å². The van der Waals surface area contributed by atoms with E-state index in [2.05, 4.69) is 27.3 Å². The number of allylic oxidation sites excluding steroid dienone is 1. The van der Waals surface area contributed by atoms with E-state index in [1.807, 2.05) is 67.6 Å². The number of azo groups is 1. The van der Waals surface area contributed by atoms with Crippen LogP contribution in [0.2, 0.25) is 0 Å². The van der Waals surface area contributed by atoms with Gasteiger partial charge in [0.2, 0.25) is 0 Å². The minimum atomic E-state index is 0.525. The molecule has 4 heteroatoms. The molecular weight excluding hydrogens is 248 g/mol. The van der Waals surface area contributed by atoms with Crippen molar-refractivity contribution in [2.24, 2.45) is 15.3 Å². The molecule has 0 amide bonds. The first-order valence-corrected chi connectivity index (χ1v) is 6.27. The van der Waals surface area contributed by atoms with Crippen molar-refractivity contribution in [2.45, 2.75) is 6.92 Å². The molecule has 0 aromatic heterocycles. The molecule has 0 aliphatic carbocycles. The molecule has 2 aromatic carbocycles. The van der Waals surface area contributed by atoms with Gasteiger partial charge in [-0.25, -0.2) is 0 Å². The molecule has 1 N–H and O–H groups in total. The fraction of sp³-hybridized carbons (Fsp3) is 0.0625. The van der Waals surface area contributed by atoms with Gasteiger partial charge in [0.25, 0.3) is 0 Å². The van der Waals surface area contributed by atoms with Crippen LogP contribution in [0.3, 0.4) is 0 Å². The van der Waals surface area contributed by atoms with Gasteiger partial charge in [-0.3, -0.25) is 5.43 Å². The van der Waals surface area contributed by atoms with Crippen LogP contribution in [0.4, 0.5) is 11.4 Å². The second-order valence-corrected chi connectivity index (χ2v) is 4.16. The third kappa shape index (κ3) is 4.17. The first kappa shape index (κ1) is 13.7. The van der Waals surface area contributed by atoms with Gasteiger partial charge in [-0.2, -0.15) is 10.2 Å². The molecule has 0 unspecified atom stereocenters. The highest BCUT2D eigenvalue weighted by atomic mass is 15.3. The zero-order chi connectivity index (χ0) is 14.2. The van der Waals surface area contributed by atoms with Gasteiger partial charge in [0.15, 0.2) is 0 Å². The number of hydrogen-bond acceptors (Lipinski definition) is 4. The summed E-state index contributed by atoms with van der Waals surface area (Å²) in [6.07, 6.45) is 0. The monoisotopic (exact) mass is 264 g/mol. The maximum Gasteiger partial charge on any atom is 0.101 e. The zero-order valence-electron chi connectivity index (χ0n) is 11.3. The summed E-state index contributed by atoms with van der Waals surface area (Å²) < 4.78 is 0. The molecule has 0 fully saturated rings. The number of hydrogen-bond donors (Lipinski definition) is 1. The number of para-hydroxylation sites is 1. The second kappa shape index (κ2) is 6.99. The Morgan fingerprint density at radius 1 is 0.950 bits per heavy atom. The molecule has 20 heavy (non-hydrogen) atoms. The third-order valence-corrected chi connectivity index (χ3v) is 2.59. The second-order valence-electron chi connectivity index (χ2n) is 4.16. The van der Waals surface area contributed by atoms with Crippen LogP contribution in [0.25, 0.3) is 0 Å². The van der Waals surface area contributed by atoms with Crippen molar-refractivity contribution in [1.29, 1.82) is 0 Å². The Kier molecular flexibility index (Phi) is 4.78. The Balaban J connectivity index is 1.97. The van der Waals surface area contributed by atoms with Gasteiger partial charge >= 0.3 is 0 Å². The number of nitrogens with zero attached hydrogens (tertiary/aromatic N) is 3. The third-order valence-electron chi connectivity index (χ3n) is 2.59. The highest BCUT2D eigenvalue weighted by Crippen LogP contribution is 2.12. The summed E-state index contributed by atoms with van der Waals surface area (Å²) in [6.45, 7) is 5.69. The summed E-state index contributed by atoms with van der Waals surface area (Å²) in [5.74, 6) is 0. The van der Waals surface area contributed by atoms with Crippen molar-refractivity contribution in [2.75, 3.05) is 5.43 Å². The van der Waals surface area contributed by atoms with Gasteiger partial charge < -0.3 is 0 Å². The molecule has 4 nitrogen and oxygen atoms in total. The predicted molar refractivity (Wildman–Crippen MR) is 83.3 cm³/mol. The molecule has 0 saturated heterocycles. The smallest absolute Gasteiger partial charge is 0.101 e. The van der Waals surface area contributed by atoms with Crippen LogP contribution < -0.4 is 5.43 Å². The van der Waals surface area contributed by atoms with Crippen LogP contribution in [0.1, 0.15) is 6.92 Å². The Morgan fingerprint density at radius 3 is 2.20 bits per heavy atom. The van der Waals surface area contributed by atoms with E-state index < -0.39 is 0 Å². The van der Waals surface area contributed by atoms with Crippen molar-refractivity contribution in [1.82, 2.24) is 0 Å². The maximum atomic E-state index is 4.22. The van der Waals surface area contributed by atoms with E-state index in [0.717, 1.165) is 11.4 Å². The van der Waals surface area contributed by atoms with Crippen LogP contribution in [-0.2, 0) is 0 Å². The van der Waals surface area contributed by atoms with Gasteiger partial charge in [0, 0.05) is 0 Å². The average molecular weight is 264 g/mol. The molecule has 0 spiro atoms. The zero-order valence-corrected chi connectivity index (χ0v) is 11.3. The van der Waals surface area contributed by atoms with Gasteiger partial charge in [0.1, 0.15) is 5.70 Å². The standard InChI is InChI=1S/C16H16N4/c1-13(17-19-15-9-5-3-6-10-15)14(2)18-20-16-11-7-4-8-12-16/h3-12,20H,1H2,2H3. The van der Waals surface area contributed by atoms with E-state index in [1.165, 1.54) is 0 Å². The first-order chi connectivity index (χ1) is 9.75. The van der Waals surface area contributed by atoms with E-state index in [9.17, 15) is 0 Å². The quantitative estimate of drug-likeness (QED) is 0.472. The number of rotatable bonds is 5. The van der Waals surface area contributed by atoms with Crippen molar-refractivity contribution >= 4 is 17.1 Å². The van der Waals surface area contributed by atoms with E-state index in [1.54, 1.807) is 0 Å². The molecule has 0 heterocycles. The van der Waals surface area contributed by atoms with Crippen LogP contribution in [-0.4, -0.2) is 5.71 Å². The summed E-state index contributed by atoms with van der Waals surface area (Å²) in [4.78, 5) is 0. The van der Waals surface area contributed by atoms with Crippen molar-refractivity contribution < 1.29 is 0 Å². The Hall–Kier alpha value is -2.75. The number of hydrazone groups is 1. The van der Waals surface area contributed by atoms with Gasteiger partial charge in [0.05, 0.1) is 17.1 Å². The summed E-state index contributed by atoms with van der Waals surface area (Å²) in [5.41, 5.74) is 5.87. The Morgan fingerprint density at radius 2 is 1.55 bits per heavy atom. The van der Waals surface area contributed by atoms with E-state index in [-0.39, 0.29) is 0 Å². The Labute approximate surface area is 118 Å². The topological polar surface area (TPSA) is 49.1 Å². The molecular formula is C16H16N4. The van der Waals surface area contributed by atoms with Gasteiger partial charge in [-0.1, -0.05) is 43.0 Å². The van der Waals surface area contributed by atoms with Crippen LogP contribution in [0, 0.1) is 0 Å². The lowest BCUT2D eigenvalue weighted by atomic mass is 10.3. The highest BCUT2D eigenvalue weighted by molar-refractivity contribution is 5.97. The van der Waals surface area contributed by atoms with E-state index in [4.69, 9.17) is 0 Å². The minimum absolute atomic E-state index is 0.525. The number of nitrogens with one attached hydrogen (secondary N) is 1.